The van der Waals surface area contributed by atoms with Gasteiger partial charge in [-0.25, -0.2) is 0 Å². The van der Waals surface area contributed by atoms with Crippen LogP contribution in [0.2, 0.25) is 0 Å². The molecular formula is C12H19N3O2. The Hall–Kier alpha value is -1.78. The Morgan fingerprint density at radius 2 is 2.06 bits per heavy atom. The highest BCUT2D eigenvalue weighted by atomic mass is 16.2. The van der Waals surface area contributed by atoms with Gasteiger partial charge in [-0.3, -0.25) is 9.59 Å². The van der Waals surface area contributed by atoms with Crippen molar-refractivity contribution in [1.82, 2.24) is 9.88 Å². The normalized spacial score (nSPS) is 12.5. The summed E-state index contributed by atoms with van der Waals surface area (Å²) < 4.78 is 1.30. The standard InChI is InChI=1S/C12H19N3O2/c1-8(2)9(3)14-11(16)7-15-6-10(13)4-5-12(15)17/h4-6,8-9H,7,13H2,1-3H3,(H,14,16). The molecule has 17 heavy (non-hydrogen) atoms. The molecule has 0 aromatic carbocycles. The molecule has 0 bridgehead atoms. The second-order valence-electron chi connectivity index (χ2n) is 4.53. The summed E-state index contributed by atoms with van der Waals surface area (Å²) >= 11 is 0. The van der Waals surface area contributed by atoms with E-state index < -0.39 is 0 Å². The number of amides is 1. The van der Waals surface area contributed by atoms with Crippen LogP contribution < -0.4 is 16.6 Å². The van der Waals surface area contributed by atoms with Crippen LogP contribution in [0.1, 0.15) is 20.8 Å². The molecule has 94 valence electrons. The Kier molecular flexibility index (Phi) is 4.31. The van der Waals surface area contributed by atoms with Crippen molar-refractivity contribution < 1.29 is 4.79 Å². The number of rotatable bonds is 4. The molecule has 0 aliphatic rings. The first-order valence-electron chi connectivity index (χ1n) is 5.65. The topological polar surface area (TPSA) is 77.1 Å². The summed E-state index contributed by atoms with van der Waals surface area (Å²) in [5.74, 6) is 0.176. The van der Waals surface area contributed by atoms with E-state index >= 15 is 0 Å². The van der Waals surface area contributed by atoms with E-state index in [0.29, 0.717) is 11.6 Å². The third-order valence-corrected chi connectivity index (χ3v) is 2.71. The molecular weight excluding hydrogens is 218 g/mol. The molecule has 1 rings (SSSR count). The lowest BCUT2D eigenvalue weighted by molar-refractivity contribution is -0.122. The second kappa shape index (κ2) is 5.52. The van der Waals surface area contributed by atoms with Crippen LogP contribution in [0.4, 0.5) is 5.69 Å². The lowest BCUT2D eigenvalue weighted by Crippen LogP contribution is -2.39. The van der Waals surface area contributed by atoms with Gasteiger partial charge in [0.2, 0.25) is 5.91 Å². The molecule has 0 saturated heterocycles. The smallest absolute Gasteiger partial charge is 0.251 e. The summed E-state index contributed by atoms with van der Waals surface area (Å²) in [5, 5.41) is 2.84. The highest BCUT2D eigenvalue weighted by Gasteiger charge is 2.11. The van der Waals surface area contributed by atoms with Crippen molar-refractivity contribution in [3.05, 3.63) is 28.7 Å². The third kappa shape index (κ3) is 3.94. The first kappa shape index (κ1) is 13.3. The van der Waals surface area contributed by atoms with E-state index in [4.69, 9.17) is 5.73 Å². The van der Waals surface area contributed by atoms with Gasteiger partial charge in [-0.2, -0.15) is 0 Å². The van der Waals surface area contributed by atoms with E-state index in [1.807, 2.05) is 20.8 Å². The number of hydrogen-bond donors (Lipinski definition) is 2. The van der Waals surface area contributed by atoms with Gasteiger partial charge >= 0.3 is 0 Å². The van der Waals surface area contributed by atoms with E-state index in [1.165, 1.54) is 22.9 Å². The quantitative estimate of drug-likeness (QED) is 0.804. The monoisotopic (exact) mass is 237 g/mol. The van der Waals surface area contributed by atoms with Crippen LogP contribution in [0.3, 0.4) is 0 Å². The minimum atomic E-state index is -0.230. The number of aromatic nitrogens is 1. The predicted molar refractivity (Wildman–Crippen MR) is 67.6 cm³/mol. The second-order valence-corrected chi connectivity index (χ2v) is 4.53. The molecule has 1 aromatic rings. The van der Waals surface area contributed by atoms with Crippen LogP contribution >= 0.6 is 0 Å². The van der Waals surface area contributed by atoms with Crippen LogP contribution in [0.15, 0.2) is 23.1 Å². The Labute approximate surface area is 101 Å². The van der Waals surface area contributed by atoms with E-state index in [0.717, 1.165) is 0 Å². The van der Waals surface area contributed by atoms with Crippen molar-refractivity contribution >= 4 is 11.6 Å². The van der Waals surface area contributed by atoms with E-state index in [1.54, 1.807) is 0 Å². The van der Waals surface area contributed by atoms with Crippen molar-refractivity contribution in [1.29, 1.82) is 0 Å². The molecule has 0 aliphatic carbocycles. The fraction of sp³-hybridized carbons (Fsp3) is 0.500. The van der Waals surface area contributed by atoms with E-state index in [2.05, 4.69) is 5.32 Å². The zero-order valence-electron chi connectivity index (χ0n) is 10.4. The van der Waals surface area contributed by atoms with Crippen LogP contribution in [0.25, 0.3) is 0 Å². The van der Waals surface area contributed by atoms with Gasteiger partial charge in [0.05, 0.1) is 0 Å². The average Bonchev–Trinajstić information content (AvgIpc) is 2.23. The number of nitrogen functional groups attached to an aromatic ring is 1. The lowest BCUT2D eigenvalue weighted by atomic mass is 10.1. The minimum absolute atomic E-state index is 0.000926. The fourth-order valence-corrected chi connectivity index (χ4v) is 1.29. The molecule has 1 atom stereocenters. The van der Waals surface area contributed by atoms with Gasteiger partial charge in [-0.15, -0.1) is 0 Å². The molecule has 0 aliphatic heterocycles. The average molecular weight is 237 g/mol. The summed E-state index contributed by atoms with van der Waals surface area (Å²) in [6.07, 6.45) is 1.47. The fourth-order valence-electron chi connectivity index (χ4n) is 1.29. The van der Waals surface area contributed by atoms with Gasteiger partial charge in [-0.05, 0) is 18.9 Å². The lowest BCUT2D eigenvalue weighted by Gasteiger charge is -2.17. The van der Waals surface area contributed by atoms with Crippen molar-refractivity contribution in [3.8, 4) is 0 Å². The Bertz CT molecular complexity index is 451. The summed E-state index contributed by atoms with van der Waals surface area (Å²) in [6.45, 7) is 5.99. The van der Waals surface area contributed by atoms with Crippen LogP contribution in [-0.2, 0) is 11.3 Å². The summed E-state index contributed by atoms with van der Waals surface area (Å²) in [5.41, 5.74) is 5.80. The maximum Gasteiger partial charge on any atom is 0.251 e. The van der Waals surface area contributed by atoms with Gasteiger partial charge in [0.15, 0.2) is 0 Å². The van der Waals surface area contributed by atoms with Gasteiger partial charge < -0.3 is 15.6 Å². The molecule has 0 saturated carbocycles. The number of anilines is 1. The van der Waals surface area contributed by atoms with E-state index in [9.17, 15) is 9.59 Å². The van der Waals surface area contributed by atoms with Crippen LogP contribution in [0, 0.1) is 5.92 Å². The molecule has 0 radical (unpaired) electrons. The van der Waals surface area contributed by atoms with E-state index in [-0.39, 0.29) is 24.1 Å². The third-order valence-electron chi connectivity index (χ3n) is 2.71. The first-order chi connectivity index (χ1) is 7.90. The minimum Gasteiger partial charge on any atom is -0.398 e. The Morgan fingerprint density at radius 3 is 2.65 bits per heavy atom. The van der Waals surface area contributed by atoms with Crippen LogP contribution in [0.5, 0.6) is 0 Å². The summed E-state index contributed by atoms with van der Waals surface area (Å²) in [7, 11) is 0. The molecule has 1 heterocycles. The number of hydrogen-bond acceptors (Lipinski definition) is 3. The molecule has 5 heteroatoms. The summed E-state index contributed by atoms with van der Waals surface area (Å²) in [4.78, 5) is 23.1. The summed E-state index contributed by atoms with van der Waals surface area (Å²) in [6, 6.07) is 2.96. The zero-order valence-corrected chi connectivity index (χ0v) is 10.4. The number of carbonyl (C=O) groups excluding carboxylic acids is 1. The van der Waals surface area contributed by atoms with Gasteiger partial charge in [0.1, 0.15) is 6.54 Å². The van der Waals surface area contributed by atoms with Crippen molar-refractivity contribution in [3.63, 3.8) is 0 Å². The van der Waals surface area contributed by atoms with Crippen molar-refractivity contribution in [2.75, 3.05) is 5.73 Å². The van der Waals surface area contributed by atoms with Gasteiger partial charge in [0, 0.05) is 24.0 Å². The van der Waals surface area contributed by atoms with Gasteiger partial charge in [0.25, 0.3) is 5.56 Å². The van der Waals surface area contributed by atoms with Gasteiger partial charge in [-0.1, -0.05) is 13.8 Å². The maximum atomic E-state index is 11.7. The van der Waals surface area contributed by atoms with Crippen molar-refractivity contribution in [2.45, 2.75) is 33.4 Å². The highest BCUT2D eigenvalue weighted by Crippen LogP contribution is 2.00. The van der Waals surface area contributed by atoms with Crippen LogP contribution in [-0.4, -0.2) is 16.5 Å². The Balaban J connectivity index is 2.68. The molecule has 0 fully saturated rings. The number of nitrogens with zero attached hydrogens (tertiary/aromatic N) is 1. The predicted octanol–water partition coefficient (Wildman–Crippen LogP) is 0.591. The number of pyridine rings is 1. The molecule has 5 nitrogen and oxygen atoms in total. The number of carbonyl (C=O) groups is 1. The zero-order chi connectivity index (χ0) is 13.0. The Morgan fingerprint density at radius 1 is 1.41 bits per heavy atom. The molecule has 1 unspecified atom stereocenters. The highest BCUT2D eigenvalue weighted by molar-refractivity contribution is 5.76. The molecule has 1 aromatic heterocycles. The van der Waals surface area contributed by atoms with Crippen molar-refractivity contribution in [2.24, 2.45) is 5.92 Å². The first-order valence-corrected chi connectivity index (χ1v) is 5.65. The number of nitrogens with one attached hydrogen (secondary N) is 1. The number of nitrogens with two attached hydrogens (primary N) is 1. The SMILES string of the molecule is CC(C)C(C)NC(=O)Cn1cc(N)ccc1=O. The molecule has 0 spiro atoms. The maximum absolute atomic E-state index is 11.7. The molecule has 3 N–H and O–H groups in total. The largest absolute Gasteiger partial charge is 0.398 e. The molecule has 1 amide bonds.